The van der Waals surface area contributed by atoms with Gasteiger partial charge in [-0.15, -0.1) is 0 Å². The minimum absolute atomic E-state index is 0.286. The van der Waals surface area contributed by atoms with Crippen molar-refractivity contribution in [3.05, 3.63) is 35.9 Å². The van der Waals surface area contributed by atoms with Gasteiger partial charge in [-0.05, 0) is 31.0 Å². The van der Waals surface area contributed by atoms with Crippen LogP contribution in [0.2, 0.25) is 0 Å². The second-order valence-corrected chi connectivity index (χ2v) is 5.49. The molecule has 19 heavy (non-hydrogen) atoms. The van der Waals surface area contributed by atoms with Gasteiger partial charge in [0.1, 0.15) is 0 Å². The van der Waals surface area contributed by atoms with Crippen LogP contribution >= 0.6 is 0 Å². The predicted molar refractivity (Wildman–Crippen MR) is 79.0 cm³/mol. The SMILES string of the molecule is CCN(Cc1ccccc1)CC1CCN(CCO)C1. The molecule has 3 nitrogen and oxygen atoms in total. The summed E-state index contributed by atoms with van der Waals surface area (Å²) in [4.78, 5) is 4.91. The third kappa shape index (κ3) is 4.60. The van der Waals surface area contributed by atoms with Crippen LogP contribution in [-0.4, -0.2) is 54.2 Å². The van der Waals surface area contributed by atoms with Crippen molar-refractivity contribution < 1.29 is 5.11 Å². The highest BCUT2D eigenvalue weighted by atomic mass is 16.3. The van der Waals surface area contributed by atoms with Crippen molar-refractivity contribution in [3.63, 3.8) is 0 Å². The molecule has 1 saturated heterocycles. The maximum atomic E-state index is 8.98. The Morgan fingerprint density at radius 1 is 1.32 bits per heavy atom. The molecule has 0 aliphatic carbocycles. The highest BCUT2D eigenvalue weighted by molar-refractivity contribution is 5.14. The van der Waals surface area contributed by atoms with Crippen LogP contribution in [0.5, 0.6) is 0 Å². The average Bonchev–Trinajstić information content (AvgIpc) is 2.87. The van der Waals surface area contributed by atoms with Crippen LogP contribution in [0.25, 0.3) is 0 Å². The maximum absolute atomic E-state index is 8.98. The Morgan fingerprint density at radius 2 is 2.11 bits per heavy atom. The molecule has 0 bridgehead atoms. The zero-order chi connectivity index (χ0) is 13.5. The Hall–Kier alpha value is -0.900. The minimum atomic E-state index is 0.286. The van der Waals surface area contributed by atoms with E-state index in [-0.39, 0.29) is 6.61 Å². The van der Waals surface area contributed by atoms with E-state index in [2.05, 4.69) is 47.1 Å². The lowest BCUT2D eigenvalue weighted by atomic mass is 10.1. The summed E-state index contributed by atoms with van der Waals surface area (Å²) in [5.41, 5.74) is 1.40. The highest BCUT2D eigenvalue weighted by Gasteiger charge is 2.23. The van der Waals surface area contributed by atoms with E-state index in [9.17, 15) is 0 Å². The number of benzene rings is 1. The molecule has 1 aromatic rings. The van der Waals surface area contributed by atoms with Gasteiger partial charge in [-0.25, -0.2) is 0 Å². The van der Waals surface area contributed by atoms with Crippen LogP contribution < -0.4 is 0 Å². The van der Waals surface area contributed by atoms with Gasteiger partial charge in [-0.2, -0.15) is 0 Å². The number of aliphatic hydroxyl groups excluding tert-OH is 1. The van der Waals surface area contributed by atoms with Crippen LogP contribution in [0.15, 0.2) is 30.3 Å². The molecule has 2 rings (SSSR count). The third-order valence-electron chi connectivity index (χ3n) is 4.00. The average molecular weight is 262 g/mol. The number of likely N-dealkylation sites (tertiary alicyclic amines) is 1. The Bertz CT molecular complexity index is 355. The fourth-order valence-corrected chi connectivity index (χ4v) is 2.92. The number of nitrogens with zero attached hydrogens (tertiary/aromatic N) is 2. The number of aliphatic hydroxyl groups is 1. The van der Waals surface area contributed by atoms with E-state index in [4.69, 9.17) is 5.11 Å². The van der Waals surface area contributed by atoms with Crippen LogP contribution in [0, 0.1) is 5.92 Å². The molecule has 0 radical (unpaired) electrons. The van der Waals surface area contributed by atoms with E-state index in [1.54, 1.807) is 0 Å². The monoisotopic (exact) mass is 262 g/mol. The molecule has 1 aromatic carbocycles. The number of β-amino-alcohol motifs (C(OH)–C–C–N with tert-alkyl or cyclic N) is 1. The normalized spacial score (nSPS) is 20.3. The summed E-state index contributed by atoms with van der Waals surface area (Å²) in [6.07, 6.45) is 1.27. The minimum Gasteiger partial charge on any atom is -0.395 e. The smallest absolute Gasteiger partial charge is 0.0558 e. The summed E-state index contributed by atoms with van der Waals surface area (Å²) in [5, 5.41) is 8.98. The first kappa shape index (κ1) is 14.5. The molecule has 0 spiro atoms. The van der Waals surface area contributed by atoms with Gasteiger partial charge < -0.3 is 10.0 Å². The topological polar surface area (TPSA) is 26.7 Å². The molecule has 0 amide bonds. The van der Waals surface area contributed by atoms with Gasteiger partial charge >= 0.3 is 0 Å². The van der Waals surface area contributed by atoms with E-state index >= 15 is 0 Å². The fraction of sp³-hybridized carbons (Fsp3) is 0.625. The lowest BCUT2D eigenvalue weighted by Gasteiger charge is -2.24. The van der Waals surface area contributed by atoms with Crippen molar-refractivity contribution in [1.29, 1.82) is 0 Å². The van der Waals surface area contributed by atoms with Crippen molar-refractivity contribution in [2.75, 3.05) is 39.3 Å². The van der Waals surface area contributed by atoms with E-state index in [1.807, 2.05) is 0 Å². The molecule has 106 valence electrons. The molecular formula is C16H26N2O. The second-order valence-electron chi connectivity index (χ2n) is 5.49. The molecular weight excluding hydrogens is 236 g/mol. The molecule has 3 heteroatoms. The summed E-state index contributed by atoms with van der Waals surface area (Å²) < 4.78 is 0. The first-order valence-corrected chi connectivity index (χ1v) is 7.41. The van der Waals surface area contributed by atoms with Gasteiger partial charge in [-0.3, -0.25) is 4.90 Å². The van der Waals surface area contributed by atoms with E-state index in [0.717, 1.165) is 38.6 Å². The zero-order valence-corrected chi connectivity index (χ0v) is 12.0. The fourth-order valence-electron chi connectivity index (χ4n) is 2.92. The van der Waals surface area contributed by atoms with Gasteiger partial charge in [0.2, 0.25) is 0 Å². The maximum Gasteiger partial charge on any atom is 0.0558 e. The lowest BCUT2D eigenvalue weighted by Crippen LogP contribution is -2.31. The summed E-state index contributed by atoms with van der Waals surface area (Å²) in [7, 11) is 0. The van der Waals surface area contributed by atoms with Gasteiger partial charge in [0, 0.05) is 26.2 Å². The summed E-state index contributed by atoms with van der Waals surface area (Å²) in [5.74, 6) is 0.759. The molecule has 1 fully saturated rings. The molecule has 0 saturated carbocycles. The van der Waals surface area contributed by atoms with Crippen molar-refractivity contribution >= 4 is 0 Å². The van der Waals surface area contributed by atoms with Crippen molar-refractivity contribution in [2.45, 2.75) is 19.9 Å². The molecule has 1 atom stereocenters. The van der Waals surface area contributed by atoms with Crippen molar-refractivity contribution in [1.82, 2.24) is 9.80 Å². The largest absolute Gasteiger partial charge is 0.395 e. The molecule has 1 heterocycles. The van der Waals surface area contributed by atoms with Crippen LogP contribution in [-0.2, 0) is 6.54 Å². The van der Waals surface area contributed by atoms with E-state index in [1.165, 1.54) is 18.5 Å². The molecule has 1 N–H and O–H groups in total. The second kappa shape index (κ2) is 7.63. The summed E-state index contributed by atoms with van der Waals surface area (Å²) >= 11 is 0. The van der Waals surface area contributed by atoms with Crippen molar-refractivity contribution in [2.24, 2.45) is 5.92 Å². The predicted octanol–water partition coefficient (Wildman–Crippen LogP) is 1.82. The molecule has 0 aromatic heterocycles. The molecule has 1 aliphatic rings. The number of hydrogen-bond acceptors (Lipinski definition) is 3. The van der Waals surface area contributed by atoms with Crippen LogP contribution in [0.3, 0.4) is 0 Å². The van der Waals surface area contributed by atoms with Crippen LogP contribution in [0.1, 0.15) is 18.9 Å². The van der Waals surface area contributed by atoms with Gasteiger partial charge in [-0.1, -0.05) is 37.3 Å². The Kier molecular flexibility index (Phi) is 5.83. The van der Waals surface area contributed by atoms with E-state index in [0.29, 0.717) is 0 Å². The first-order chi connectivity index (χ1) is 9.31. The Morgan fingerprint density at radius 3 is 2.79 bits per heavy atom. The van der Waals surface area contributed by atoms with Crippen molar-refractivity contribution in [3.8, 4) is 0 Å². The summed E-state index contributed by atoms with van der Waals surface area (Å²) in [6, 6.07) is 10.7. The number of hydrogen-bond donors (Lipinski definition) is 1. The highest BCUT2D eigenvalue weighted by Crippen LogP contribution is 2.18. The van der Waals surface area contributed by atoms with E-state index < -0.39 is 0 Å². The third-order valence-corrected chi connectivity index (χ3v) is 4.00. The Labute approximate surface area is 116 Å². The Balaban J connectivity index is 1.80. The molecule has 1 unspecified atom stereocenters. The van der Waals surface area contributed by atoms with Gasteiger partial charge in [0.15, 0.2) is 0 Å². The summed E-state index contributed by atoms with van der Waals surface area (Å²) in [6.45, 7) is 8.98. The molecule has 1 aliphatic heterocycles. The number of rotatable bonds is 7. The van der Waals surface area contributed by atoms with Gasteiger partial charge in [0.05, 0.1) is 6.61 Å². The van der Waals surface area contributed by atoms with Gasteiger partial charge in [0.25, 0.3) is 0 Å². The van der Waals surface area contributed by atoms with Crippen LogP contribution in [0.4, 0.5) is 0 Å². The first-order valence-electron chi connectivity index (χ1n) is 7.41. The zero-order valence-electron chi connectivity index (χ0n) is 12.0. The quantitative estimate of drug-likeness (QED) is 0.812. The standard InChI is InChI=1S/C16H26N2O/c1-2-17(12-15-6-4-3-5-7-15)13-16-8-9-18(14-16)10-11-19/h3-7,16,19H,2,8-14H2,1H3. The lowest BCUT2D eigenvalue weighted by molar-refractivity contribution is 0.202.